The van der Waals surface area contributed by atoms with Crippen LogP contribution < -0.4 is 15.4 Å². The molecule has 2 aromatic rings. The Morgan fingerprint density at radius 3 is 2.76 bits per heavy atom. The molecule has 0 saturated carbocycles. The van der Waals surface area contributed by atoms with Crippen molar-refractivity contribution in [3.05, 3.63) is 40.7 Å². The Morgan fingerprint density at radius 1 is 1.31 bits per heavy atom. The molecule has 3 rings (SSSR count). The lowest BCUT2D eigenvalue weighted by atomic mass is 10.1. The molecule has 12 heteroatoms. The van der Waals surface area contributed by atoms with Crippen LogP contribution in [0.25, 0.3) is 0 Å². The number of anilines is 1. The highest BCUT2D eigenvalue weighted by Crippen LogP contribution is 2.29. The molecule has 1 amide bonds. The second-order valence-electron chi connectivity index (χ2n) is 6.02. The van der Waals surface area contributed by atoms with Crippen molar-refractivity contribution in [3.63, 3.8) is 0 Å². The van der Waals surface area contributed by atoms with E-state index in [2.05, 4.69) is 25.6 Å². The summed E-state index contributed by atoms with van der Waals surface area (Å²) in [6.45, 7) is -0.379. The number of aromatic amines is 1. The number of amides is 1. The molecular weight excluding hydrogens is 417 g/mol. The SMILES string of the molecule is COC(=O)c1ccc(NC(=O)c2n[nH]c3c2CNCC3)c(OCC(F)(F)F)c1.Cl. The first-order chi connectivity index (χ1) is 13.3. The van der Waals surface area contributed by atoms with Crippen LogP contribution in [0.3, 0.4) is 0 Å². The summed E-state index contributed by atoms with van der Waals surface area (Å²) in [6.07, 6.45) is -3.90. The van der Waals surface area contributed by atoms with E-state index < -0.39 is 24.7 Å². The fourth-order valence-electron chi connectivity index (χ4n) is 2.74. The number of carbonyl (C=O) groups excluding carboxylic acids is 2. The Bertz CT molecular complexity index is 901. The van der Waals surface area contributed by atoms with Gasteiger partial charge in [-0.05, 0) is 18.2 Å². The molecule has 0 unspecified atom stereocenters. The van der Waals surface area contributed by atoms with Crippen LogP contribution in [-0.4, -0.2) is 48.5 Å². The second-order valence-corrected chi connectivity index (χ2v) is 6.02. The highest BCUT2D eigenvalue weighted by atomic mass is 35.5. The maximum Gasteiger partial charge on any atom is 0.422 e. The van der Waals surface area contributed by atoms with Crippen molar-refractivity contribution < 1.29 is 32.2 Å². The second kappa shape index (κ2) is 9.14. The zero-order valence-corrected chi connectivity index (χ0v) is 16.0. The number of hydrogen-bond acceptors (Lipinski definition) is 6. The van der Waals surface area contributed by atoms with E-state index in [0.717, 1.165) is 25.4 Å². The first kappa shape index (κ1) is 22.5. The Morgan fingerprint density at radius 2 is 2.07 bits per heavy atom. The predicted octanol–water partition coefficient (Wildman–Crippen LogP) is 2.46. The fraction of sp³-hybridized carbons (Fsp3) is 0.353. The highest BCUT2D eigenvalue weighted by Gasteiger charge is 2.29. The number of alkyl halides is 3. The number of nitrogens with one attached hydrogen (secondary N) is 3. The van der Waals surface area contributed by atoms with Crippen LogP contribution in [0, 0.1) is 0 Å². The molecule has 1 aromatic heterocycles. The van der Waals surface area contributed by atoms with Crippen molar-refractivity contribution in [2.75, 3.05) is 25.6 Å². The normalized spacial score (nSPS) is 13.1. The van der Waals surface area contributed by atoms with Gasteiger partial charge in [-0.1, -0.05) is 0 Å². The maximum absolute atomic E-state index is 12.6. The van der Waals surface area contributed by atoms with Gasteiger partial charge in [-0.3, -0.25) is 9.89 Å². The average Bonchev–Trinajstić information content (AvgIpc) is 3.10. The minimum absolute atomic E-state index is 0. The van der Waals surface area contributed by atoms with Crippen LogP contribution >= 0.6 is 12.4 Å². The standard InChI is InChI=1S/C17H17F3N4O4.ClH/c1-27-16(26)9-2-3-12(13(6-9)28-8-17(18,19)20)22-15(25)14-10-7-21-5-4-11(10)23-24-14;/h2-3,6,21H,4-5,7-8H2,1H3,(H,22,25)(H,23,24);1H. The largest absolute Gasteiger partial charge is 0.482 e. The van der Waals surface area contributed by atoms with Gasteiger partial charge >= 0.3 is 12.1 Å². The molecule has 1 aliphatic rings. The Labute approximate surface area is 169 Å². The fourth-order valence-corrected chi connectivity index (χ4v) is 2.74. The first-order valence-electron chi connectivity index (χ1n) is 8.28. The number of nitrogens with zero attached hydrogens (tertiary/aromatic N) is 1. The number of carbonyl (C=O) groups is 2. The number of rotatable bonds is 5. The number of fused-ring (bicyclic) bond motifs is 1. The van der Waals surface area contributed by atoms with Gasteiger partial charge in [0.15, 0.2) is 12.3 Å². The lowest BCUT2D eigenvalue weighted by Gasteiger charge is -2.16. The first-order valence-corrected chi connectivity index (χ1v) is 8.28. The van der Waals surface area contributed by atoms with Gasteiger partial charge < -0.3 is 20.1 Å². The van der Waals surface area contributed by atoms with Crippen LogP contribution in [-0.2, 0) is 17.7 Å². The van der Waals surface area contributed by atoms with Crippen molar-refractivity contribution in [1.82, 2.24) is 15.5 Å². The Kier molecular flexibility index (Phi) is 7.09. The molecule has 1 aliphatic heterocycles. The van der Waals surface area contributed by atoms with Crippen molar-refractivity contribution in [1.29, 1.82) is 0 Å². The number of ether oxygens (including phenoxy) is 2. The lowest BCUT2D eigenvalue weighted by molar-refractivity contribution is -0.153. The van der Waals surface area contributed by atoms with E-state index in [1.54, 1.807) is 0 Å². The summed E-state index contributed by atoms with van der Waals surface area (Å²) in [7, 11) is 1.14. The average molecular weight is 435 g/mol. The van der Waals surface area contributed by atoms with Crippen LogP contribution in [0.4, 0.5) is 18.9 Å². The van der Waals surface area contributed by atoms with Crippen LogP contribution in [0.15, 0.2) is 18.2 Å². The number of H-pyrrole nitrogens is 1. The summed E-state index contributed by atoms with van der Waals surface area (Å²) >= 11 is 0. The number of methoxy groups -OCH3 is 1. The molecule has 8 nitrogen and oxygen atoms in total. The minimum atomic E-state index is -4.59. The molecule has 1 aromatic carbocycles. The van der Waals surface area contributed by atoms with E-state index >= 15 is 0 Å². The van der Waals surface area contributed by atoms with Crippen molar-refractivity contribution >= 4 is 30.0 Å². The van der Waals surface area contributed by atoms with Crippen molar-refractivity contribution in [2.45, 2.75) is 19.1 Å². The van der Waals surface area contributed by atoms with Crippen LogP contribution in [0.1, 0.15) is 32.1 Å². The van der Waals surface area contributed by atoms with Gasteiger partial charge in [0.05, 0.1) is 18.4 Å². The third kappa shape index (κ3) is 5.39. The molecule has 0 bridgehead atoms. The molecule has 0 spiro atoms. The molecule has 0 aliphatic carbocycles. The third-order valence-corrected chi connectivity index (χ3v) is 4.06. The summed E-state index contributed by atoms with van der Waals surface area (Å²) in [6, 6.07) is 3.66. The Hall–Kier alpha value is -2.79. The van der Waals surface area contributed by atoms with E-state index in [1.165, 1.54) is 12.1 Å². The maximum atomic E-state index is 12.6. The van der Waals surface area contributed by atoms with E-state index in [-0.39, 0.29) is 35.1 Å². The van der Waals surface area contributed by atoms with Gasteiger partial charge in [0.25, 0.3) is 5.91 Å². The monoisotopic (exact) mass is 434 g/mol. The van der Waals surface area contributed by atoms with Gasteiger partial charge in [-0.2, -0.15) is 18.3 Å². The number of esters is 1. The van der Waals surface area contributed by atoms with Crippen LogP contribution in [0.5, 0.6) is 5.75 Å². The molecule has 0 fully saturated rings. The number of hydrogen-bond donors (Lipinski definition) is 3. The molecule has 0 radical (unpaired) electrons. The molecule has 29 heavy (non-hydrogen) atoms. The Balaban J connectivity index is 0.00000300. The molecule has 3 N–H and O–H groups in total. The molecule has 0 atom stereocenters. The number of aromatic nitrogens is 2. The summed E-state index contributed by atoms with van der Waals surface area (Å²) < 4.78 is 47.0. The van der Waals surface area contributed by atoms with E-state index in [0.29, 0.717) is 18.5 Å². The summed E-state index contributed by atoms with van der Waals surface area (Å²) in [5.41, 5.74) is 1.63. The van der Waals surface area contributed by atoms with Crippen molar-refractivity contribution in [2.24, 2.45) is 0 Å². The smallest absolute Gasteiger partial charge is 0.422 e. The molecule has 158 valence electrons. The molecule has 2 heterocycles. The molecule has 0 saturated heterocycles. The lowest BCUT2D eigenvalue weighted by Crippen LogP contribution is -2.25. The summed E-state index contributed by atoms with van der Waals surface area (Å²) in [5.74, 6) is -1.66. The van der Waals surface area contributed by atoms with Gasteiger partial charge in [-0.15, -0.1) is 12.4 Å². The van der Waals surface area contributed by atoms with E-state index in [9.17, 15) is 22.8 Å². The zero-order chi connectivity index (χ0) is 20.3. The highest BCUT2D eigenvalue weighted by molar-refractivity contribution is 6.05. The quantitative estimate of drug-likeness (QED) is 0.624. The van der Waals surface area contributed by atoms with E-state index in [4.69, 9.17) is 4.74 Å². The molecular formula is C17H18ClF3N4O4. The van der Waals surface area contributed by atoms with Crippen molar-refractivity contribution in [3.8, 4) is 5.75 Å². The summed E-state index contributed by atoms with van der Waals surface area (Å²) in [4.78, 5) is 24.2. The van der Waals surface area contributed by atoms with Gasteiger partial charge in [0.2, 0.25) is 0 Å². The van der Waals surface area contributed by atoms with Gasteiger partial charge in [-0.25, -0.2) is 4.79 Å². The van der Waals surface area contributed by atoms with Gasteiger partial charge in [0.1, 0.15) is 5.75 Å². The zero-order valence-electron chi connectivity index (χ0n) is 15.2. The van der Waals surface area contributed by atoms with Crippen LogP contribution in [0.2, 0.25) is 0 Å². The third-order valence-electron chi connectivity index (χ3n) is 4.06. The van der Waals surface area contributed by atoms with E-state index in [1.807, 2.05) is 0 Å². The predicted molar refractivity (Wildman–Crippen MR) is 98.5 cm³/mol. The van der Waals surface area contributed by atoms with Gasteiger partial charge in [0, 0.05) is 30.8 Å². The summed E-state index contributed by atoms with van der Waals surface area (Å²) in [5, 5.41) is 12.4. The minimum Gasteiger partial charge on any atom is -0.482 e. The topological polar surface area (TPSA) is 105 Å². The number of halogens is 4. The number of benzene rings is 1.